The van der Waals surface area contributed by atoms with Gasteiger partial charge in [0.25, 0.3) is 0 Å². The van der Waals surface area contributed by atoms with E-state index in [4.69, 9.17) is 15.3 Å². The second-order valence-electron chi connectivity index (χ2n) is 4.25. The molecule has 4 nitrogen and oxygen atoms in total. The minimum Gasteiger partial charge on any atom is -0.479 e. The molecule has 0 unspecified atom stereocenters. The fourth-order valence-electron chi connectivity index (χ4n) is 1.79. The summed E-state index contributed by atoms with van der Waals surface area (Å²) in [5, 5.41) is 20.1. The Hall–Kier alpha value is -3.05. The topological polar surface area (TPSA) is 68.8 Å². The number of ether oxygens (including phenoxy) is 1. The van der Waals surface area contributed by atoms with E-state index in [-0.39, 0.29) is 12.2 Å². The highest BCUT2D eigenvalue weighted by Gasteiger charge is 2.04. The lowest BCUT2D eigenvalue weighted by atomic mass is 10.2. The Kier molecular flexibility index (Phi) is 4.74. The van der Waals surface area contributed by atoms with Gasteiger partial charge in [-0.3, -0.25) is 0 Å². The average Bonchev–Trinajstić information content (AvgIpc) is 2.52. The van der Waals surface area contributed by atoms with Crippen molar-refractivity contribution in [2.24, 2.45) is 0 Å². The van der Waals surface area contributed by atoms with Gasteiger partial charge in [0, 0.05) is 6.54 Å². The second kappa shape index (κ2) is 6.93. The highest BCUT2D eigenvalue weighted by Crippen LogP contribution is 2.18. The van der Waals surface area contributed by atoms with Crippen LogP contribution in [0, 0.1) is 28.5 Å². The number of nitrogens with one attached hydrogen (secondary N) is 1. The quantitative estimate of drug-likeness (QED) is 0.913. The molecule has 0 aliphatic heterocycles. The molecular formula is C16H12FN3O. The van der Waals surface area contributed by atoms with Gasteiger partial charge in [-0.1, -0.05) is 12.1 Å². The normalized spacial score (nSPS) is 9.48. The van der Waals surface area contributed by atoms with Gasteiger partial charge in [0.15, 0.2) is 6.61 Å². The molecule has 0 aliphatic carbocycles. The number of halogens is 1. The van der Waals surface area contributed by atoms with Crippen molar-refractivity contribution < 1.29 is 9.13 Å². The number of anilines is 1. The Labute approximate surface area is 122 Å². The van der Waals surface area contributed by atoms with Crippen LogP contribution in [0.2, 0.25) is 0 Å². The molecule has 0 fully saturated rings. The van der Waals surface area contributed by atoms with Gasteiger partial charge in [-0.05, 0) is 35.9 Å². The third kappa shape index (κ3) is 3.95. The summed E-state index contributed by atoms with van der Waals surface area (Å²) in [4.78, 5) is 0. The summed E-state index contributed by atoms with van der Waals surface area (Å²) < 4.78 is 18.9. The summed E-state index contributed by atoms with van der Waals surface area (Å²) in [5.41, 5.74) is 1.51. The number of rotatable bonds is 5. The number of hydrogen-bond donors (Lipinski definition) is 1. The van der Waals surface area contributed by atoms with Crippen LogP contribution in [0.1, 0.15) is 11.1 Å². The lowest BCUT2D eigenvalue weighted by Crippen LogP contribution is -2.02. The van der Waals surface area contributed by atoms with Crippen molar-refractivity contribution in [2.45, 2.75) is 6.54 Å². The zero-order chi connectivity index (χ0) is 15.1. The smallest absolute Gasteiger partial charge is 0.174 e. The fourth-order valence-corrected chi connectivity index (χ4v) is 1.79. The van der Waals surface area contributed by atoms with Crippen LogP contribution < -0.4 is 10.1 Å². The van der Waals surface area contributed by atoms with Crippen LogP contribution in [0.4, 0.5) is 10.1 Å². The molecule has 0 atom stereocenters. The molecule has 2 aromatic carbocycles. The zero-order valence-electron chi connectivity index (χ0n) is 11.1. The van der Waals surface area contributed by atoms with E-state index in [0.717, 1.165) is 5.56 Å². The fraction of sp³-hybridized carbons (Fsp3) is 0.125. The molecule has 2 aromatic rings. The van der Waals surface area contributed by atoms with E-state index >= 15 is 0 Å². The van der Waals surface area contributed by atoms with E-state index in [1.807, 2.05) is 18.2 Å². The molecule has 0 saturated carbocycles. The van der Waals surface area contributed by atoms with Crippen molar-refractivity contribution in [3.05, 3.63) is 59.4 Å². The van der Waals surface area contributed by atoms with Crippen LogP contribution in [0.3, 0.4) is 0 Å². The molecule has 0 radical (unpaired) electrons. The van der Waals surface area contributed by atoms with E-state index in [0.29, 0.717) is 18.0 Å². The van der Waals surface area contributed by atoms with Crippen molar-refractivity contribution in [2.75, 3.05) is 11.9 Å². The Morgan fingerprint density at radius 1 is 1.14 bits per heavy atom. The minimum atomic E-state index is -0.467. The van der Waals surface area contributed by atoms with Crippen molar-refractivity contribution >= 4 is 5.69 Å². The number of hydrogen-bond acceptors (Lipinski definition) is 4. The van der Waals surface area contributed by atoms with Crippen molar-refractivity contribution in [3.8, 4) is 17.9 Å². The first-order chi connectivity index (χ1) is 10.2. The van der Waals surface area contributed by atoms with E-state index in [9.17, 15) is 4.39 Å². The maximum Gasteiger partial charge on any atom is 0.174 e. The molecule has 0 bridgehead atoms. The summed E-state index contributed by atoms with van der Waals surface area (Å²) >= 11 is 0. The van der Waals surface area contributed by atoms with Gasteiger partial charge < -0.3 is 10.1 Å². The second-order valence-corrected chi connectivity index (χ2v) is 4.25. The maximum atomic E-state index is 13.7. The summed E-state index contributed by atoms with van der Waals surface area (Å²) in [7, 11) is 0. The number of nitrogens with zero attached hydrogens (tertiary/aromatic N) is 2. The molecule has 21 heavy (non-hydrogen) atoms. The molecule has 0 amide bonds. The largest absolute Gasteiger partial charge is 0.479 e. The summed E-state index contributed by atoms with van der Waals surface area (Å²) in [5.74, 6) is 0.127. The zero-order valence-corrected chi connectivity index (χ0v) is 11.1. The monoisotopic (exact) mass is 281 g/mol. The summed E-state index contributed by atoms with van der Waals surface area (Å²) in [6, 6.07) is 15.3. The molecule has 0 saturated heterocycles. The third-order valence-corrected chi connectivity index (χ3v) is 2.78. The lowest BCUT2D eigenvalue weighted by Gasteiger charge is -2.09. The average molecular weight is 281 g/mol. The molecule has 5 heteroatoms. The third-order valence-electron chi connectivity index (χ3n) is 2.78. The highest BCUT2D eigenvalue weighted by atomic mass is 19.1. The SMILES string of the molecule is N#CCOc1cccc(CNc2ccc(C#N)cc2F)c1. The molecule has 0 heterocycles. The van der Waals surface area contributed by atoms with Crippen molar-refractivity contribution in [1.29, 1.82) is 10.5 Å². The summed E-state index contributed by atoms with van der Waals surface area (Å²) in [6.45, 7) is 0.397. The van der Waals surface area contributed by atoms with Gasteiger partial charge >= 0.3 is 0 Å². The van der Waals surface area contributed by atoms with E-state index < -0.39 is 5.82 Å². The van der Waals surface area contributed by atoms with E-state index in [1.54, 1.807) is 24.3 Å². The van der Waals surface area contributed by atoms with Crippen molar-refractivity contribution in [3.63, 3.8) is 0 Å². The van der Waals surface area contributed by atoms with Crippen LogP contribution in [-0.2, 0) is 6.54 Å². The highest BCUT2D eigenvalue weighted by molar-refractivity contribution is 5.49. The van der Waals surface area contributed by atoms with Gasteiger partial charge in [0.1, 0.15) is 17.6 Å². The first kappa shape index (κ1) is 14.4. The van der Waals surface area contributed by atoms with Crippen LogP contribution in [0.25, 0.3) is 0 Å². The first-order valence-corrected chi connectivity index (χ1v) is 6.25. The predicted molar refractivity (Wildman–Crippen MR) is 76.0 cm³/mol. The van der Waals surface area contributed by atoms with E-state index in [2.05, 4.69) is 5.32 Å². The minimum absolute atomic E-state index is 0.0128. The Morgan fingerprint density at radius 2 is 2.00 bits per heavy atom. The first-order valence-electron chi connectivity index (χ1n) is 6.25. The van der Waals surface area contributed by atoms with Crippen LogP contribution in [-0.4, -0.2) is 6.61 Å². The molecule has 0 spiro atoms. The van der Waals surface area contributed by atoms with Crippen LogP contribution in [0.15, 0.2) is 42.5 Å². The Balaban J connectivity index is 2.03. The Bertz CT molecular complexity index is 716. The molecule has 1 N–H and O–H groups in total. The number of nitriles is 2. The van der Waals surface area contributed by atoms with Gasteiger partial charge in [-0.2, -0.15) is 10.5 Å². The maximum absolute atomic E-state index is 13.7. The van der Waals surface area contributed by atoms with Crippen LogP contribution >= 0.6 is 0 Å². The standard InChI is InChI=1S/C16H12FN3O/c17-15-9-12(10-19)4-5-16(15)20-11-13-2-1-3-14(8-13)21-7-6-18/h1-5,8-9,20H,7,11H2. The van der Waals surface area contributed by atoms with Gasteiger partial charge in [-0.25, -0.2) is 4.39 Å². The van der Waals surface area contributed by atoms with Gasteiger partial charge in [-0.15, -0.1) is 0 Å². The number of benzene rings is 2. The molecule has 104 valence electrons. The predicted octanol–water partition coefficient (Wildman–Crippen LogP) is 3.21. The molecule has 2 rings (SSSR count). The molecule has 0 aromatic heterocycles. The van der Waals surface area contributed by atoms with Gasteiger partial charge in [0.05, 0.1) is 17.3 Å². The summed E-state index contributed by atoms with van der Waals surface area (Å²) in [6.07, 6.45) is 0. The molecule has 0 aliphatic rings. The lowest BCUT2D eigenvalue weighted by molar-refractivity contribution is 0.368. The van der Waals surface area contributed by atoms with E-state index in [1.165, 1.54) is 12.1 Å². The van der Waals surface area contributed by atoms with Crippen LogP contribution in [0.5, 0.6) is 5.75 Å². The van der Waals surface area contributed by atoms with Crippen molar-refractivity contribution in [1.82, 2.24) is 0 Å². The van der Waals surface area contributed by atoms with Gasteiger partial charge in [0.2, 0.25) is 0 Å². The Morgan fingerprint density at radius 3 is 2.71 bits per heavy atom. The molecular weight excluding hydrogens is 269 g/mol.